The Morgan fingerprint density at radius 1 is 1.41 bits per heavy atom. The SMILES string of the molecule is COc1ccccc1Nc1nnc(SCC(=O)[C@@H](C#N)c2nc(C)cs2)s1. The summed E-state index contributed by atoms with van der Waals surface area (Å²) in [5.74, 6) is -0.186. The Hall–Kier alpha value is -2.48. The van der Waals surface area contributed by atoms with Crippen LogP contribution in [0.25, 0.3) is 0 Å². The predicted molar refractivity (Wildman–Crippen MR) is 107 cm³/mol. The van der Waals surface area contributed by atoms with Crippen molar-refractivity contribution in [2.75, 3.05) is 18.2 Å². The molecule has 0 aliphatic heterocycles. The number of nitrogens with one attached hydrogen (secondary N) is 1. The second-order valence-corrected chi connectivity index (χ2v) is 8.43. The number of hydrogen-bond acceptors (Lipinski definition) is 10. The molecule has 0 spiro atoms. The number of ketones is 1. The van der Waals surface area contributed by atoms with E-state index in [1.807, 2.05) is 42.6 Å². The monoisotopic (exact) mass is 417 g/mol. The summed E-state index contributed by atoms with van der Waals surface area (Å²) < 4.78 is 5.94. The van der Waals surface area contributed by atoms with Crippen LogP contribution < -0.4 is 10.1 Å². The van der Waals surface area contributed by atoms with Crippen LogP contribution in [-0.4, -0.2) is 33.8 Å². The summed E-state index contributed by atoms with van der Waals surface area (Å²) in [4.78, 5) is 16.6. The van der Waals surface area contributed by atoms with Gasteiger partial charge in [-0.1, -0.05) is 35.2 Å². The number of carbonyl (C=O) groups is 1. The van der Waals surface area contributed by atoms with Crippen molar-refractivity contribution in [2.45, 2.75) is 17.2 Å². The van der Waals surface area contributed by atoms with Crippen LogP contribution in [0.3, 0.4) is 0 Å². The van der Waals surface area contributed by atoms with Crippen LogP contribution >= 0.6 is 34.4 Å². The third-order valence-corrected chi connectivity index (χ3v) is 6.45. The number of thioether (sulfide) groups is 1. The molecule has 1 N–H and O–H groups in total. The molecule has 10 heteroatoms. The number of rotatable bonds is 8. The molecule has 0 saturated carbocycles. The van der Waals surface area contributed by atoms with Gasteiger partial charge in [-0.15, -0.1) is 21.5 Å². The zero-order valence-corrected chi connectivity index (χ0v) is 17.0. The fourth-order valence-electron chi connectivity index (χ4n) is 2.17. The van der Waals surface area contributed by atoms with Crippen molar-refractivity contribution in [2.24, 2.45) is 0 Å². The molecular formula is C17H15N5O2S3. The zero-order chi connectivity index (χ0) is 19.2. The Balaban J connectivity index is 1.61. The molecule has 0 radical (unpaired) electrons. The van der Waals surface area contributed by atoms with Gasteiger partial charge < -0.3 is 10.1 Å². The Morgan fingerprint density at radius 2 is 2.22 bits per heavy atom. The van der Waals surface area contributed by atoms with E-state index < -0.39 is 5.92 Å². The molecule has 0 aliphatic rings. The van der Waals surface area contributed by atoms with Crippen LogP contribution in [0.2, 0.25) is 0 Å². The van der Waals surface area contributed by atoms with Gasteiger partial charge in [-0.3, -0.25) is 4.79 Å². The molecule has 0 aliphatic carbocycles. The molecule has 3 rings (SSSR count). The second-order valence-electron chi connectivity index (χ2n) is 5.34. The Labute approximate surface area is 168 Å². The molecule has 0 unspecified atom stereocenters. The van der Waals surface area contributed by atoms with E-state index in [0.29, 0.717) is 20.2 Å². The molecule has 2 heterocycles. The molecule has 0 fully saturated rings. The number of aryl methyl sites for hydroxylation is 1. The van der Waals surface area contributed by atoms with E-state index in [2.05, 4.69) is 20.5 Å². The molecule has 3 aromatic rings. The summed E-state index contributed by atoms with van der Waals surface area (Å²) in [7, 11) is 1.60. The molecule has 2 aromatic heterocycles. The Kier molecular flexibility index (Phi) is 6.39. The average Bonchev–Trinajstić information content (AvgIpc) is 3.30. The van der Waals surface area contributed by atoms with E-state index >= 15 is 0 Å². The summed E-state index contributed by atoms with van der Waals surface area (Å²) >= 11 is 3.93. The van der Waals surface area contributed by atoms with E-state index in [0.717, 1.165) is 11.4 Å². The molecule has 0 amide bonds. The molecule has 1 atom stereocenters. The lowest BCUT2D eigenvalue weighted by atomic mass is 10.1. The predicted octanol–water partition coefficient (Wildman–Crippen LogP) is 4.02. The smallest absolute Gasteiger partial charge is 0.210 e. The lowest BCUT2D eigenvalue weighted by Crippen LogP contribution is -2.13. The van der Waals surface area contributed by atoms with Crippen LogP contribution in [0.1, 0.15) is 16.6 Å². The van der Waals surface area contributed by atoms with E-state index in [4.69, 9.17) is 4.74 Å². The van der Waals surface area contributed by atoms with E-state index in [-0.39, 0.29) is 11.5 Å². The normalized spacial score (nSPS) is 11.6. The number of anilines is 2. The highest BCUT2D eigenvalue weighted by atomic mass is 32.2. The molecule has 1 aromatic carbocycles. The van der Waals surface area contributed by atoms with Gasteiger partial charge >= 0.3 is 0 Å². The maximum absolute atomic E-state index is 12.4. The first kappa shape index (κ1) is 19.3. The van der Waals surface area contributed by atoms with Crippen molar-refractivity contribution in [1.29, 1.82) is 5.26 Å². The Morgan fingerprint density at radius 3 is 2.93 bits per heavy atom. The number of benzene rings is 1. The fourth-order valence-corrected chi connectivity index (χ4v) is 4.70. The molecule has 7 nitrogen and oxygen atoms in total. The van der Waals surface area contributed by atoms with Gasteiger partial charge in [-0.25, -0.2) is 4.98 Å². The molecule has 27 heavy (non-hydrogen) atoms. The lowest BCUT2D eigenvalue weighted by Gasteiger charge is -2.07. The molecule has 0 bridgehead atoms. The standard InChI is InChI=1S/C17H15N5O2S3/c1-10-8-25-15(19-10)11(7-18)13(23)9-26-17-22-21-16(27-17)20-12-5-3-4-6-14(12)24-2/h3-6,8,11H,9H2,1-2H3,(H,20,21)/t11-/m1/s1. The van der Waals surface area contributed by atoms with Crippen LogP contribution in [-0.2, 0) is 4.79 Å². The molecule has 0 saturated heterocycles. The van der Waals surface area contributed by atoms with Crippen LogP contribution in [0.5, 0.6) is 5.75 Å². The third kappa shape index (κ3) is 4.82. The highest BCUT2D eigenvalue weighted by Crippen LogP contribution is 2.32. The highest BCUT2D eigenvalue weighted by Gasteiger charge is 2.23. The largest absolute Gasteiger partial charge is 0.495 e. The van der Waals surface area contributed by atoms with E-state index in [1.54, 1.807) is 7.11 Å². The van der Waals surface area contributed by atoms with Gasteiger partial charge in [0.05, 0.1) is 24.6 Å². The lowest BCUT2D eigenvalue weighted by molar-refractivity contribution is -0.116. The number of thiazole rings is 1. The fraction of sp³-hybridized carbons (Fsp3) is 0.235. The number of Topliss-reactive ketones (excluding diaryl/α,β-unsaturated/α-hetero) is 1. The summed E-state index contributed by atoms with van der Waals surface area (Å²) in [6.45, 7) is 1.84. The van der Waals surface area contributed by atoms with Crippen molar-refractivity contribution in [3.63, 3.8) is 0 Å². The summed E-state index contributed by atoms with van der Waals surface area (Å²) in [6, 6.07) is 9.54. The van der Waals surface area contributed by atoms with Crippen LogP contribution in [0.4, 0.5) is 10.8 Å². The maximum Gasteiger partial charge on any atom is 0.210 e. The van der Waals surface area contributed by atoms with E-state index in [1.165, 1.54) is 34.4 Å². The first-order chi connectivity index (χ1) is 13.1. The molecule has 138 valence electrons. The second kappa shape index (κ2) is 8.94. The molecular weight excluding hydrogens is 402 g/mol. The average molecular weight is 418 g/mol. The number of methoxy groups -OCH3 is 1. The number of hydrogen-bond donors (Lipinski definition) is 1. The first-order valence-electron chi connectivity index (χ1n) is 7.81. The number of aromatic nitrogens is 3. The minimum absolute atomic E-state index is 0.139. The number of carbonyl (C=O) groups excluding carboxylic acids is 1. The van der Waals surface area contributed by atoms with Crippen LogP contribution in [0.15, 0.2) is 34.0 Å². The summed E-state index contributed by atoms with van der Waals surface area (Å²) in [6.07, 6.45) is 0. The number of ether oxygens (including phenoxy) is 1. The van der Waals surface area contributed by atoms with Gasteiger partial charge in [-0.05, 0) is 19.1 Å². The van der Waals surface area contributed by atoms with Gasteiger partial charge in [0.25, 0.3) is 0 Å². The zero-order valence-electron chi connectivity index (χ0n) is 14.5. The Bertz CT molecular complexity index is 979. The van der Waals surface area contributed by atoms with Crippen LogP contribution in [0, 0.1) is 18.3 Å². The van der Waals surface area contributed by atoms with Crippen molar-refractivity contribution in [3.05, 3.63) is 40.3 Å². The number of nitrogens with zero attached hydrogens (tertiary/aromatic N) is 4. The van der Waals surface area contributed by atoms with Gasteiger partial charge in [0.1, 0.15) is 10.8 Å². The quantitative estimate of drug-likeness (QED) is 0.548. The van der Waals surface area contributed by atoms with Crippen molar-refractivity contribution >= 4 is 51.0 Å². The topological polar surface area (TPSA) is 101 Å². The van der Waals surface area contributed by atoms with Gasteiger partial charge in [0.15, 0.2) is 16.0 Å². The maximum atomic E-state index is 12.4. The summed E-state index contributed by atoms with van der Waals surface area (Å²) in [5.41, 5.74) is 1.60. The summed E-state index contributed by atoms with van der Waals surface area (Å²) in [5, 5.41) is 23.6. The minimum Gasteiger partial charge on any atom is -0.495 e. The third-order valence-electron chi connectivity index (χ3n) is 3.43. The number of para-hydroxylation sites is 2. The minimum atomic E-state index is -0.838. The van der Waals surface area contributed by atoms with Crippen molar-refractivity contribution < 1.29 is 9.53 Å². The first-order valence-corrected chi connectivity index (χ1v) is 10.5. The van der Waals surface area contributed by atoms with Gasteiger partial charge in [-0.2, -0.15) is 5.26 Å². The number of nitriles is 1. The highest BCUT2D eigenvalue weighted by molar-refractivity contribution is 8.01. The van der Waals surface area contributed by atoms with Crippen molar-refractivity contribution in [1.82, 2.24) is 15.2 Å². The van der Waals surface area contributed by atoms with Gasteiger partial charge in [0, 0.05) is 11.1 Å². The van der Waals surface area contributed by atoms with Gasteiger partial charge in [0.2, 0.25) is 5.13 Å². The van der Waals surface area contributed by atoms with Crippen molar-refractivity contribution in [3.8, 4) is 11.8 Å². The van der Waals surface area contributed by atoms with E-state index in [9.17, 15) is 10.1 Å².